The maximum atomic E-state index is 11.8. The van der Waals surface area contributed by atoms with Crippen molar-refractivity contribution < 1.29 is 47.6 Å². The summed E-state index contributed by atoms with van der Waals surface area (Å²) in [6.07, 6.45) is -4.93. The number of carbonyl (C=O) groups excluding carboxylic acids is 4. The van der Waals surface area contributed by atoms with Gasteiger partial charge in [0.05, 0.1) is 13.2 Å². The molecule has 10 nitrogen and oxygen atoms in total. The summed E-state index contributed by atoms with van der Waals surface area (Å²) >= 11 is 0. The maximum absolute atomic E-state index is 11.8. The molecule has 170 valence electrons. The molecule has 1 aliphatic rings. The first-order valence-corrected chi connectivity index (χ1v) is 9.57. The molecule has 10 heteroatoms. The van der Waals surface area contributed by atoms with E-state index in [9.17, 15) is 19.2 Å². The van der Waals surface area contributed by atoms with Crippen molar-refractivity contribution in [1.29, 1.82) is 0 Å². The van der Waals surface area contributed by atoms with Crippen molar-refractivity contribution in [3.05, 3.63) is 23.8 Å². The fraction of sp³-hybridized carbons (Fsp3) is 0.524. The van der Waals surface area contributed by atoms with Crippen molar-refractivity contribution in [3.63, 3.8) is 0 Å². The molecule has 1 aromatic carbocycles. The molecular formula is C21H26O10. The molecule has 0 radical (unpaired) electrons. The van der Waals surface area contributed by atoms with Crippen LogP contribution in [0.15, 0.2) is 18.2 Å². The quantitative estimate of drug-likeness (QED) is 0.369. The van der Waals surface area contributed by atoms with E-state index in [0.29, 0.717) is 11.3 Å². The van der Waals surface area contributed by atoms with Gasteiger partial charge >= 0.3 is 23.9 Å². The fourth-order valence-electron chi connectivity index (χ4n) is 3.42. The summed E-state index contributed by atoms with van der Waals surface area (Å²) in [4.78, 5) is 46.5. The fourth-order valence-corrected chi connectivity index (χ4v) is 3.42. The zero-order valence-electron chi connectivity index (χ0n) is 18.2. The molecule has 0 aliphatic carbocycles. The van der Waals surface area contributed by atoms with Gasteiger partial charge in [-0.25, -0.2) is 0 Å². The van der Waals surface area contributed by atoms with Gasteiger partial charge in [0.15, 0.2) is 18.3 Å². The molecule has 31 heavy (non-hydrogen) atoms. The van der Waals surface area contributed by atoms with Crippen LogP contribution < -0.4 is 9.47 Å². The Bertz CT molecular complexity index is 849. The topological polar surface area (TPSA) is 124 Å². The molecular weight excluding hydrogens is 412 g/mol. The molecule has 1 heterocycles. The van der Waals surface area contributed by atoms with Crippen molar-refractivity contribution >= 4 is 23.9 Å². The Labute approximate surface area is 179 Å². The molecule has 0 N–H and O–H groups in total. The SMILES string of the molecule is COc1cc(OC(C)=O)ccc1[C@@H]1O[C@@H](C)[C@@H](OC(C)=O)[C@@H](OC(C)=O)[C@@H]1OC(C)=O. The summed E-state index contributed by atoms with van der Waals surface area (Å²) in [7, 11) is 1.41. The van der Waals surface area contributed by atoms with Crippen molar-refractivity contribution in [2.75, 3.05) is 7.11 Å². The van der Waals surface area contributed by atoms with Crippen LogP contribution in [0.5, 0.6) is 11.5 Å². The van der Waals surface area contributed by atoms with Crippen molar-refractivity contribution in [2.45, 2.75) is 65.1 Å². The lowest BCUT2D eigenvalue weighted by Gasteiger charge is -2.44. The van der Waals surface area contributed by atoms with Crippen LogP contribution in [0.4, 0.5) is 0 Å². The molecule has 0 amide bonds. The zero-order valence-corrected chi connectivity index (χ0v) is 18.2. The first kappa shape index (κ1) is 24.1. The molecule has 1 fully saturated rings. The summed E-state index contributed by atoms with van der Waals surface area (Å²) in [6.45, 7) is 6.50. The third-order valence-corrected chi connectivity index (χ3v) is 4.45. The number of hydrogen-bond donors (Lipinski definition) is 0. The number of carbonyl (C=O) groups is 4. The molecule has 5 atom stereocenters. The second-order valence-corrected chi connectivity index (χ2v) is 6.98. The number of rotatable bonds is 6. The number of benzene rings is 1. The zero-order chi connectivity index (χ0) is 23.3. The van der Waals surface area contributed by atoms with E-state index >= 15 is 0 Å². The Kier molecular flexibility index (Phi) is 7.98. The Hall–Kier alpha value is -3.14. The largest absolute Gasteiger partial charge is 0.496 e. The van der Waals surface area contributed by atoms with Gasteiger partial charge in [-0.1, -0.05) is 0 Å². The van der Waals surface area contributed by atoms with Gasteiger partial charge in [-0.05, 0) is 19.1 Å². The molecule has 0 aromatic heterocycles. The van der Waals surface area contributed by atoms with Gasteiger partial charge in [0.2, 0.25) is 0 Å². The summed E-state index contributed by atoms with van der Waals surface area (Å²) in [6, 6.07) is 4.59. The predicted molar refractivity (Wildman–Crippen MR) is 104 cm³/mol. The summed E-state index contributed by atoms with van der Waals surface area (Å²) < 4.78 is 32.7. The molecule has 0 unspecified atom stereocenters. The van der Waals surface area contributed by atoms with Crippen LogP contribution in [0.3, 0.4) is 0 Å². The third-order valence-electron chi connectivity index (χ3n) is 4.45. The van der Waals surface area contributed by atoms with E-state index in [2.05, 4.69) is 0 Å². The van der Waals surface area contributed by atoms with Gasteiger partial charge in [-0.3, -0.25) is 19.2 Å². The molecule has 1 saturated heterocycles. The molecule has 1 aromatic rings. The van der Waals surface area contributed by atoms with E-state index in [1.54, 1.807) is 13.0 Å². The first-order valence-electron chi connectivity index (χ1n) is 9.57. The Morgan fingerprint density at radius 2 is 1.35 bits per heavy atom. The van der Waals surface area contributed by atoms with Crippen LogP contribution in [-0.4, -0.2) is 55.4 Å². The van der Waals surface area contributed by atoms with Gasteiger partial charge in [0.25, 0.3) is 0 Å². The van der Waals surface area contributed by atoms with E-state index in [1.807, 2.05) is 0 Å². The van der Waals surface area contributed by atoms with Crippen LogP contribution in [0.25, 0.3) is 0 Å². The Balaban J connectivity index is 2.53. The molecule has 0 spiro atoms. The highest BCUT2D eigenvalue weighted by Crippen LogP contribution is 2.41. The summed E-state index contributed by atoms with van der Waals surface area (Å²) in [5.41, 5.74) is 0.454. The van der Waals surface area contributed by atoms with Crippen LogP contribution in [-0.2, 0) is 38.1 Å². The number of esters is 4. The van der Waals surface area contributed by atoms with Gasteiger partial charge in [-0.15, -0.1) is 0 Å². The van der Waals surface area contributed by atoms with Crippen molar-refractivity contribution in [3.8, 4) is 11.5 Å². The van der Waals surface area contributed by atoms with Gasteiger partial charge in [0, 0.05) is 39.3 Å². The lowest BCUT2D eigenvalue weighted by atomic mass is 9.90. The molecule has 1 aliphatic heterocycles. The van der Waals surface area contributed by atoms with Gasteiger partial charge in [-0.2, -0.15) is 0 Å². The van der Waals surface area contributed by atoms with Crippen molar-refractivity contribution in [1.82, 2.24) is 0 Å². The minimum Gasteiger partial charge on any atom is -0.496 e. The van der Waals surface area contributed by atoms with Crippen LogP contribution in [0.1, 0.15) is 46.3 Å². The van der Waals surface area contributed by atoms with Gasteiger partial charge < -0.3 is 28.4 Å². The molecule has 0 bridgehead atoms. The normalized spacial score (nSPS) is 25.2. The number of hydrogen-bond acceptors (Lipinski definition) is 10. The Morgan fingerprint density at radius 1 is 0.806 bits per heavy atom. The van der Waals surface area contributed by atoms with Crippen LogP contribution in [0.2, 0.25) is 0 Å². The lowest BCUT2D eigenvalue weighted by molar-refractivity contribution is -0.245. The van der Waals surface area contributed by atoms with E-state index < -0.39 is 54.4 Å². The van der Waals surface area contributed by atoms with Crippen LogP contribution in [0, 0.1) is 0 Å². The summed E-state index contributed by atoms with van der Waals surface area (Å²) in [5, 5.41) is 0. The second-order valence-electron chi connectivity index (χ2n) is 6.98. The average molecular weight is 438 g/mol. The monoisotopic (exact) mass is 438 g/mol. The minimum atomic E-state index is -1.14. The average Bonchev–Trinajstić information content (AvgIpc) is 2.65. The highest BCUT2D eigenvalue weighted by molar-refractivity contribution is 5.70. The van der Waals surface area contributed by atoms with Gasteiger partial charge in [0.1, 0.15) is 17.6 Å². The second kappa shape index (κ2) is 10.3. The highest BCUT2D eigenvalue weighted by atomic mass is 16.6. The maximum Gasteiger partial charge on any atom is 0.308 e. The minimum absolute atomic E-state index is 0.246. The first-order chi connectivity index (χ1) is 14.5. The third kappa shape index (κ3) is 6.17. The molecule has 2 rings (SSSR count). The molecule has 0 saturated carbocycles. The van der Waals surface area contributed by atoms with E-state index in [1.165, 1.54) is 46.9 Å². The smallest absolute Gasteiger partial charge is 0.308 e. The number of methoxy groups -OCH3 is 1. The predicted octanol–water partition coefficient (Wildman–Crippen LogP) is 1.88. The van der Waals surface area contributed by atoms with E-state index in [0.717, 1.165) is 0 Å². The standard InChI is InChI=1S/C21H26O10/c1-10-18(29-12(3)23)20(30-13(4)24)21(31-14(5)25)19(27-10)16-8-7-15(28-11(2)22)9-17(16)26-6/h7-10,18-21H,1-6H3/t10-,18+,19-,20+,21+/m0/s1. The highest BCUT2D eigenvalue weighted by Gasteiger charge is 2.51. The van der Waals surface area contributed by atoms with E-state index in [4.69, 9.17) is 28.4 Å². The van der Waals surface area contributed by atoms with Crippen LogP contribution >= 0.6 is 0 Å². The number of ether oxygens (including phenoxy) is 6. The Morgan fingerprint density at radius 3 is 1.87 bits per heavy atom. The lowest BCUT2D eigenvalue weighted by Crippen LogP contribution is -2.57. The summed E-state index contributed by atoms with van der Waals surface area (Å²) in [5.74, 6) is -1.88. The van der Waals surface area contributed by atoms with E-state index in [-0.39, 0.29) is 5.75 Å². The van der Waals surface area contributed by atoms with Crippen molar-refractivity contribution in [2.24, 2.45) is 0 Å².